The van der Waals surface area contributed by atoms with Crippen molar-refractivity contribution in [2.24, 2.45) is 5.41 Å². The van der Waals surface area contributed by atoms with E-state index in [-0.39, 0.29) is 5.41 Å². The van der Waals surface area contributed by atoms with E-state index in [1.807, 2.05) is 0 Å². The predicted octanol–water partition coefficient (Wildman–Crippen LogP) is 6.62. The molecule has 2 nitrogen and oxygen atoms in total. The molecule has 0 bridgehead atoms. The van der Waals surface area contributed by atoms with Crippen LogP contribution in [0.15, 0.2) is 97.2 Å². The quantitative estimate of drug-likeness (QED) is 0.348. The lowest BCUT2D eigenvalue weighted by Gasteiger charge is -2.38. The van der Waals surface area contributed by atoms with Gasteiger partial charge in [0.25, 0.3) is 0 Å². The van der Waals surface area contributed by atoms with Crippen LogP contribution in [0.2, 0.25) is 0 Å². The van der Waals surface area contributed by atoms with Crippen molar-refractivity contribution in [2.45, 2.75) is 39.7 Å². The van der Waals surface area contributed by atoms with Gasteiger partial charge in [-0.2, -0.15) is 0 Å². The van der Waals surface area contributed by atoms with Gasteiger partial charge in [0.05, 0.1) is 5.69 Å². The van der Waals surface area contributed by atoms with Crippen molar-refractivity contribution >= 4 is 0 Å². The predicted molar refractivity (Wildman–Crippen MR) is 125 cm³/mol. The molecule has 0 N–H and O–H groups in total. The van der Waals surface area contributed by atoms with E-state index in [4.69, 9.17) is 4.98 Å². The van der Waals surface area contributed by atoms with E-state index in [2.05, 4.69) is 129 Å². The van der Waals surface area contributed by atoms with E-state index in [0.29, 0.717) is 0 Å². The Bertz CT molecular complexity index is 991. The first kappa shape index (κ1) is 20.2. The van der Waals surface area contributed by atoms with Gasteiger partial charge in [-0.3, -0.25) is 0 Å². The Hall–Kier alpha value is -3.13. The fraction of sp³-hybridized carbons (Fsp3) is 0.250. The first-order chi connectivity index (χ1) is 14.4. The molecule has 4 rings (SSSR count). The third kappa shape index (κ3) is 3.70. The molecular formula is C28H30N2. The molecule has 1 heterocycles. The van der Waals surface area contributed by atoms with Crippen LogP contribution in [0.3, 0.4) is 0 Å². The van der Waals surface area contributed by atoms with Crippen LogP contribution >= 0.6 is 0 Å². The summed E-state index contributed by atoms with van der Waals surface area (Å²) in [5.41, 5.74) is 4.50. The highest BCUT2D eigenvalue weighted by Gasteiger charge is 2.39. The second-order valence-electron chi connectivity index (χ2n) is 9.20. The van der Waals surface area contributed by atoms with Crippen molar-refractivity contribution in [1.82, 2.24) is 9.55 Å². The Balaban J connectivity index is 2.07. The number of rotatable bonds is 5. The number of nitrogens with zero attached hydrogens (tertiary/aromatic N) is 2. The zero-order chi connectivity index (χ0) is 21.2. The fourth-order valence-electron chi connectivity index (χ4n) is 4.46. The third-order valence-electron chi connectivity index (χ3n) is 5.58. The zero-order valence-electron chi connectivity index (χ0n) is 18.3. The van der Waals surface area contributed by atoms with Gasteiger partial charge in [-0.25, -0.2) is 4.98 Å². The van der Waals surface area contributed by atoms with Crippen LogP contribution in [0, 0.1) is 12.3 Å². The summed E-state index contributed by atoms with van der Waals surface area (Å²) in [6, 6.07) is 32.3. The summed E-state index contributed by atoms with van der Waals surface area (Å²) in [5.74, 6) is 1.02. The van der Waals surface area contributed by atoms with E-state index < -0.39 is 5.54 Å². The number of aromatic nitrogens is 2. The second kappa shape index (κ2) is 7.95. The van der Waals surface area contributed by atoms with Crippen LogP contribution in [0.1, 0.15) is 49.0 Å². The largest absolute Gasteiger partial charge is 0.316 e. The molecule has 3 aromatic carbocycles. The third-order valence-corrected chi connectivity index (χ3v) is 5.58. The summed E-state index contributed by atoms with van der Waals surface area (Å²) < 4.78 is 2.37. The number of benzene rings is 3. The maximum Gasteiger partial charge on any atom is 0.121 e. The molecule has 1 aromatic heterocycles. The summed E-state index contributed by atoms with van der Waals surface area (Å²) in [4.78, 5) is 5.00. The topological polar surface area (TPSA) is 17.8 Å². The molecule has 0 radical (unpaired) electrons. The summed E-state index contributed by atoms with van der Waals surface area (Å²) in [7, 11) is 0. The van der Waals surface area contributed by atoms with E-state index in [9.17, 15) is 0 Å². The van der Waals surface area contributed by atoms with Gasteiger partial charge in [0.15, 0.2) is 0 Å². The van der Waals surface area contributed by atoms with E-state index in [1.165, 1.54) is 16.7 Å². The van der Waals surface area contributed by atoms with Crippen molar-refractivity contribution in [2.75, 3.05) is 0 Å². The Labute approximate surface area is 180 Å². The van der Waals surface area contributed by atoms with Gasteiger partial charge >= 0.3 is 0 Å². The molecule has 30 heavy (non-hydrogen) atoms. The molecule has 0 unspecified atom stereocenters. The fourth-order valence-corrected chi connectivity index (χ4v) is 4.46. The highest BCUT2D eigenvalue weighted by molar-refractivity contribution is 5.51. The molecule has 4 aromatic rings. The monoisotopic (exact) mass is 394 g/mol. The van der Waals surface area contributed by atoms with Crippen molar-refractivity contribution < 1.29 is 0 Å². The number of imidazole rings is 1. The molecule has 152 valence electrons. The standard InChI is InChI=1S/C28H30N2/c1-22-29-26(20-27(2,3)4)21-30(22)28(23-14-8-5-9-15-23,24-16-10-6-11-17-24)25-18-12-7-13-19-25/h5-19,21H,20H2,1-4H3. The molecule has 0 atom stereocenters. The lowest BCUT2D eigenvalue weighted by Crippen LogP contribution is -2.38. The van der Waals surface area contributed by atoms with Crippen molar-refractivity contribution in [3.8, 4) is 0 Å². The highest BCUT2D eigenvalue weighted by Crippen LogP contribution is 2.41. The molecular weight excluding hydrogens is 364 g/mol. The van der Waals surface area contributed by atoms with Crippen molar-refractivity contribution in [1.29, 1.82) is 0 Å². The van der Waals surface area contributed by atoms with Crippen LogP contribution in [0.5, 0.6) is 0 Å². The van der Waals surface area contributed by atoms with Gasteiger partial charge in [-0.15, -0.1) is 0 Å². The minimum atomic E-state index is -0.489. The first-order valence-corrected chi connectivity index (χ1v) is 10.6. The number of aryl methyl sites for hydroxylation is 1. The first-order valence-electron chi connectivity index (χ1n) is 10.6. The van der Waals surface area contributed by atoms with Crippen LogP contribution in [-0.4, -0.2) is 9.55 Å². The maximum atomic E-state index is 5.00. The molecule has 0 spiro atoms. The minimum absolute atomic E-state index is 0.181. The van der Waals surface area contributed by atoms with Gasteiger partial charge in [0.2, 0.25) is 0 Å². The van der Waals surface area contributed by atoms with Gasteiger partial charge < -0.3 is 4.57 Å². The van der Waals surface area contributed by atoms with E-state index in [0.717, 1.165) is 17.9 Å². The molecule has 0 aliphatic carbocycles. The molecule has 0 aliphatic rings. The van der Waals surface area contributed by atoms with Crippen molar-refractivity contribution in [3.63, 3.8) is 0 Å². The lowest BCUT2D eigenvalue weighted by molar-refractivity contribution is 0.406. The Morgan fingerprint density at radius 3 is 1.43 bits per heavy atom. The van der Waals surface area contributed by atoms with Crippen molar-refractivity contribution in [3.05, 3.63) is 125 Å². The van der Waals surface area contributed by atoms with Gasteiger partial charge in [-0.05, 0) is 35.4 Å². The molecule has 0 saturated carbocycles. The summed E-state index contributed by atoms with van der Waals surface area (Å²) in [6.07, 6.45) is 3.20. The number of hydrogen-bond donors (Lipinski definition) is 0. The zero-order valence-corrected chi connectivity index (χ0v) is 18.3. The highest BCUT2D eigenvalue weighted by atomic mass is 15.1. The molecule has 0 fully saturated rings. The molecule has 0 aliphatic heterocycles. The Kier molecular flexibility index (Phi) is 5.34. The van der Waals surface area contributed by atoms with Gasteiger partial charge in [0.1, 0.15) is 11.4 Å². The van der Waals surface area contributed by atoms with E-state index in [1.54, 1.807) is 0 Å². The SMILES string of the molecule is Cc1nc(CC(C)(C)C)cn1C(c1ccccc1)(c1ccccc1)c1ccccc1. The molecule has 0 amide bonds. The molecule has 2 heteroatoms. The van der Waals surface area contributed by atoms with Gasteiger partial charge in [0, 0.05) is 6.20 Å². The van der Waals surface area contributed by atoms with Crippen LogP contribution in [0.4, 0.5) is 0 Å². The average molecular weight is 395 g/mol. The Morgan fingerprint density at radius 2 is 1.07 bits per heavy atom. The normalized spacial score (nSPS) is 12.1. The van der Waals surface area contributed by atoms with Crippen LogP contribution in [-0.2, 0) is 12.0 Å². The van der Waals surface area contributed by atoms with Crippen LogP contribution in [0.25, 0.3) is 0 Å². The second-order valence-corrected chi connectivity index (χ2v) is 9.20. The smallest absolute Gasteiger partial charge is 0.121 e. The van der Waals surface area contributed by atoms with E-state index >= 15 is 0 Å². The molecule has 0 saturated heterocycles. The lowest BCUT2D eigenvalue weighted by atomic mass is 9.76. The summed E-state index contributed by atoms with van der Waals surface area (Å²) >= 11 is 0. The maximum absolute atomic E-state index is 5.00. The van der Waals surface area contributed by atoms with Gasteiger partial charge in [-0.1, -0.05) is 112 Å². The van der Waals surface area contributed by atoms with Crippen LogP contribution < -0.4 is 0 Å². The minimum Gasteiger partial charge on any atom is -0.316 e. The summed E-state index contributed by atoms with van der Waals surface area (Å²) in [6.45, 7) is 8.91. The summed E-state index contributed by atoms with van der Waals surface area (Å²) in [5, 5.41) is 0. The average Bonchev–Trinajstić information content (AvgIpc) is 3.09. The number of hydrogen-bond acceptors (Lipinski definition) is 1. The Morgan fingerprint density at radius 1 is 0.667 bits per heavy atom.